The first-order valence-corrected chi connectivity index (χ1v) is 7.36. The first-order valence-electron chi connectivity index (χ1n) is 6.48. The number of Topliss-reactive ketones (excluding diaryl/α,β-unsaturated/α-hetero) is 1. The van der Waals surface area contributed by atoms with Crippen LogP contribution in [-0.4, -0.2) is 17.3 Å². The Labute approximate surface area is 116 Å². The summed E-state index contributed by atoms with van der Waals surface area (Å²) in [6, 6.07) is 8.24. The molecule has 3 rings (SSSR count). The molecule has 0 aliphatic carbocycles. The average molecular weight is 272 g/mol. The normalized spacial score (nSPS) is 17.0. The zero-order valence-corrected chi connectivity index (χ0v) is 11.7. The minimum absolute atomic E-state index is 0.276. The second-order valence-electron chi connectivity index (χ2n) is 4.97. The lowest BCUT2D eigenvalue weighted by Gasteiger charge is -2.08. The van der Waals surface area contributed by atoms with Crippen LogP contribution in [0.4, 0.5) is 5.69 Å². The highest BCUT2D eigenvalue weighted by atomic mass is 32.1. The highest BCUT2D eigenvalue weighted by Gasteiger charge is 2.24. The molecule has 1 aliphatic rings. The quantitative estimate of drug-likeness (QED) is 0.929. The summed E-state index contributed by atoms with van der Waals surface area (Å²) < 4.78 is 0. The Hall–Kier alpha value is -1.68. The van der Waals surface area contributed by atoms with E-state index in [0.29, 0.717) is 18.8 Å². The molecule has 0 spiro atoms. The van der Waals surface area contributed by atoms with Crippen molar-refractivity contribution in [3.05, 3.63) is 45.9 Å². The van der Waals surface area contributed by atoms with E-state index in [1.165, 1.54) is 11.3 Å². The molecule has 1 aromatic heterocycles. The second kappa shape index (κ2) is 5.13. The number of hydrogen-bond donors (Lipinski definition) is 1. The summed E-state index contributed by atoms with van der Waals surface area (Å²) in [5.74, 6) is 0.586. The number of hydrogen-bond acceptors (Lipinski definition) is 4. The molecule has 0 saturated carbocycles. The molecule has 4 heteroatoms. The monoisotopic (exact) mass is 272 g/mol. The number of rotatable bonds is 4. The first-order chi connectivity index (χ1) is 9.22. The molecule has 1 atom stereocenters. The SMILES string of the molecule is Cc1csc(CC(=O)CC2CNc3ccccc32)n1. The molecule has 1 N–H and O–H groups in total. The van der Waals surface area contributed by atoms with Gasteiger partial charge < -0.3 is 5.32 Å². The summed E-state index contributed by atoms with van der Waals surface area (Å²) in [6.07, 6.45) is 1.07. The van der Waals surface area contributed by atoms with E-state index >= 15 is 0 Å². The average Bonchev–Trinajstić information content (AvgIpc) is 2.97. The van der Waals surface area contributed by atoms with Gasteiger partial charge in [-0.2, -0.15) is 0 Å². The molecule has 1 aromatic carbocycles. The van der Waals surface area contributed by atoms with Gasteiger partial charge in [0.2, 0.25) is 0 Å². The van der Waals surface area contributed by atoms with Crippen molar-refractivity contribution in [1.29, 1.82) is 0 Å². The zero-order valence-electron chi connectivity index (χ0n) is 10.8. The maximum atomic E-state index is 12.1. The lowest BCUT2D eigenvalue weighted by Crippen LogP contribution is -2.11. The molecule has 98 valence electrons. The van der Waals surface area contributed by atoms with Crippen molar-refractivity contribution < 1.29 is 4.79 Å². The summed E-state index contributed by atoms with van der Waals surface area (Å²) in [4.78, 5) is 16.5. The van der Waals surface area contributed by atoms with Crippen LogP contribution in [0.1, 0.15) is 28.6 Å². The van der Waals surface area contributed by atoms with Gasteiger partial charge >= 0.3 is 0 Å². The number of carbonyl (C=O) groups excluding carboxylic acids is 1. The summed E-state index contributed by atoms with van der Waals surface area (Å²) in [5, 5.41) is 6.29. The minimum Gasteiger partial charge on any atom is -0.384 e. The van der Waals surface area contributed by atoms with Crippen molar-refractivity contribution in [2.75, 3.05) is 11.9 Å². The van der Waals surface area contributed by atoms with Crippen LogP contribution in [0.25, 0.3) is 0 Å². The van der Waals surface area contributed by atoms with Gasteiger partial charge in [-0.05, 0) is 18.6 Å². The molecule has 0 amide bonds. The maximum Gasteiger partial charge on any atom is 0.140 e. The fraction of sp³-hybridized carbons (Fsp3) is 0.333. The maximum absolute atomic E-state index is 12.1. The van der Waals surface area contributed by atoms with Crippen molar-refractivity contribution in [2.24, 2.45) is 0 Å². The number of aryl methyl sites for hydroxylation is 1. The van der Waals surface area contributed by atoms with Crippen molar-refractivity contribution in [1.82, 2.24) is 4.98 Å². The third kappa shape index (κ3) is 2.68. The lowest BCUT2D eigenvalue weighted by atomic mass is 9.95. The van der Waals surface area contributed by atoms with Crippen LogP contribution in [-0.2, 0) is 11.2 Å². The Morgan fingerprint density at radius 2 is 2.32 bits per heavy atom. The van der Waals surface area contributed by atoms with E-state index in [1.807, 2.05) is 24.4 Å². The second-order valence-corrected chi connectivity index (χ2v) is 5.91. The van der Waals surface area contributed by atoms with Crippen LogP contribution in [0.5, 0.6) is 0 Å². The number of para-hydroxylation sites is 1. The topological polar surface area (TPSA) is 42.0 Å². The number of nitrogens with one attached hydrogen (secondary N) is 1. The molecule has 0 radical (unpaired) electrons. The van der Waals surface area contributed by atoms with Gasteiger partial charge in [0.05, 0.1) is 6.42 Å². The Morgan fingerprint density at radius 1 is 1.47 bits per heavy atom. The Balaban J connectivity index is 1.65. The molecule has 0 saturated heterocycles. The number of benzene rings is 1. The molecule has 1 unspecified atom stereocenters. The molecule has 0 fully saturated rings. The van der Waals surface area contributed by atoms with Crippen LogP contribution < -0.4 is 5.32 Å². The summed E-state index contributed by atoms with van der Waals surface area (Å²) >= 11 is 1.57. The van der Waals surface area contributed by atoms with Gasteiger partial charge in [0.1, 0.15) is 10.8 Å². The Bertz CT molecular complexity index is 606. The van der Waals surface area contributed by atoms with E-state index in [9.17, 15) is 4.79 Å². The van der Waals surface area contributed by atoms with E-state index in [-0.39, 0.29) is 5.78 Å². The number of thiazole rings is 1. The van der Waals surface area contributed by atoms with Crippen molar-refractivity contribution in [2.45, 2.75) is 25.7 Å². The highest BCUT2D eigenvalue weighted by Crippen LogP contribution is 2.33. The first kappa shape index (κ1) is 12.4. The van der Waals surface area contributed by atoms with Crippen LogP contribution in [0.3, 0.4) is 0 Å². The van der Waals surface area contributed by atoms with Crippen molar-refractivity contribution in [3.63, 3.8) is 0 Å². The van der Waals surface area contributed by atoms with Gasteiger partial charge in [0.25, 0.3) is 0 Å². The molecular formula is C15H16N2OS. The summed E-state index contributed by atoms with van der Waals surface area (Å²) in [5.41, 5.74) is 3.44. The third-order valence-corrected chi connectivity index (χ3v) is 4.40. The van der Waals surface area contributed by atoms with E-state index in [2.05, 4.69) is 22.4 Å². The lowest BCUT2D eigenvalue weighted by molar-refractivity contribution is -0.118. The Kier molecular flexibility index (Phi) is 3.34. The van der Waals surface area contributed by atoms with Gasteiger partial charge in [0.15, 0.2) is 0 Å². The number of fused-ring (bicyclic) bond motifs is 1. The number of anilines is 1. The van der Waals surface area contributed by atoms with Gasteiger partial charge in [-0.15, -0.1) is 11.3 Å². The molecule has 19 heavy (non-hydrogen) atoms. The van der Waals surface area contributed by atoms with Gasteiger partial charge in [-0.1, -0.05) is 18.2 Å². The number of carbonyl (C=O) groups is 1. The number of nitrogens with zero attached hydrogens (tertiary/aromatic N) is 1. The van der Waals surface area contributed by atoms with Crippen LogP contribution in [0, 0.1) is 6.92 Å². The van der Waals surface area contributed by atoms with Crippen LogP contribution in [0.15, 0.2) is 29.6 Å². The van der Waals surface area contributed by atoms with Crippen LogP contribution >= 0.6 is 11.3 Å². The standard InChI is InChI=1S/C15H16N2OS/c1-10-9-19-15(17-10)7-12(18)6-11-8-16-14-5-3-2-4-13(11)14/h2-5,9,11,16H,6-8H2,1H3. The highest BCUT2D eigenvalue weighted by molar-refractivity contribution is 7.09. The van der Waals surface area contributed by atoms with Gasteiger partial charge in [-0.25, -0.2) is 4.98 Å². The molecule has 2 aromatic rings. The predicted octanol–water partition coefficient (Wildman–Crippen LogP) is 3.16. The number of aromatic nitrogens is 1. The van der Waals surface area contributed by atoms with Gasteiger partial charge in [0, 0.05) is 35.6 Å². The molecule has 2 heterocycles. The van der Waals surface area contributed by atoms with E-state index in [0.717, 1.165) is 17.2 Å². The van der Waals surface area contributed by atoms with Gasteiger partial charge in [-0.3, -0.25) is 4.79 Å². The van der Waals surface area contributed by atoms with Crippen molar-refractivity contribution in [3.8, 4) is 0 Å². The largest absolute Gasteiger partial charge is 0.384 e. The fourth-order valence-corrected chi connectivity index (χ4v) is 3.34. The third-order valence-electron chi connectivity index (χ3n) is 3.43. The van der Waals surface area contributed by atoms with E-state index < -0.39 is 0 Å². The minimum atomic E-state index is 0.276. The molecule has 0 bridgehead atoms. The predicted molar refractivity (Wildman–Crippen MR) is 77.9 cm³/mol. The summed E-state index contributed by atoms with van der Waals surface area (Å²) in [7, 11) is 0. The Morgan fingerprint density at radius 3 is 3.11 bits per heavy atom. The van der Waals surface area contributed by atoms with Crippen LogP contribution in [0.2, 0.25) is 0 Å². The smallest absolute Gasteiger partial charge is 0.140 e. The number of ketones is 1. The molecule has 3 nitrogen and oxygen atoms in total. The van der Waals surface area contributed by atoms with E-state index in [1.54, 1.807) is 11.3 Å². The van der Waals surface area contributed by atoms with Crippen molar-refractivity contribution >= 4 is 22.8 Å². The fourth-order valence-electron chi connectivity index (χ4n) is 2.54. The van der Waals surface area contributed by atoms with E-state index in [4.69, 9.17) is 0 Å². The zero-order chi connectivity index (χ0) is 13.2. The molecule has 1 aliphatic heterocycles. The summed E-state index contributed by atoms with van der Waals surface area (Å²) in [6.45, 7) is 2.82. The molecular weight excluding hydrogens is 256 g/mol.